The van der Waals surface area contributed by atoms with Crippen LogP contribution in [0.25, 0.3) is 0 Å². The third-order valence-corrected chi connectivity index (χ3v) is 1.98. The van der Waals surface area contributed by atoms with Crippen LogP contribution in [0.3, 0.4) is 0 Å². The monoisotopic (exact) mass is 184 g/mol. The molecule has 0 rings (SSSR count). The molecule has 0 aliphatic heterocycles. The highest BCUT2D eigenvalue weighted by atomic mass is 16.5. The second kappa shape index (κ2) is 6.88. The molecule has 0 amide bonds. The topological polar surface area (TPSA) is 45.0 Å². The van der Waals surface area contributed by atoms with Crippen molar-refractivity contribution >= 4 is 0 Å². The van der Waals surface area contributed by atoms with Crippen molar-refractivity contribution < 1.29 is 4.74 Å². The molecule has 0 aliphatic carbocycles. The third-order valence-electron chi connectivity index (χ3n) is 1.98. The lowest BCUT2D eigenvalue weighted by molar-refractivity contribution is 0.138. The van der Waals surface area contributed by atoms with Crippen LogP contribution in [0.4, 0.5) is 0 Å². The molecule has 0 aromatic heterocycles. The Kier molecular flexibility index (Phi) is 6.56. The van der Waals surface area contributed by atoms with Gasteiger partial charge in [-0.1, -0.05) is 6.92 Å². The van der Waals surface area contributed by atoms with E-state index in [1.54, 1.807) is 0 Å². The highest BCUT2D eigenvalue weighted by molar-refractivity contribution is 5.03. The summed E-state index contributed by atoms with van der Waals surface area (Å²) >= 11 is 0. The predicted molar refractivity (Wildman–Crippen MR) is 53.4 cm³/mol. The minimum absolute atomic E-state index is 0.383. The first kappa shape index (κ1) is 12.4. The molecule has 3 heteroatoms. The number of nitriles is 1. The first-order valence-electron chi connectivity index (χ1n) is 4.92. The van der Waals surface area contributed by atoms with Gasteiger partial charge in [-0.2, -0.15) is 5.26 Å². The lowest BCUT2D eigenvalue weighted by atomic mass is 9.98. The van der Waals surface area contributed by atoms with Crippen LogP contribution in [0.5, 0.6) is 0 Å². The van der Waals surface area contributed by atoms with E-state index in [2.05, 4.69) is 11.4 Å². The van der Waals surface area contributed by atoms with Crippen LogP contribution >= 0.6 is 0 Å². The summed E-state index contributed by atoms with van der Waals surface area (Å²) < 4.78 is 5.21. The Morgan fingerprint density at radius 2 is 2.15 bits per heavy atom. The van der Waals surface area contributed by atoms with Crippen LogP contribution in [-0.4, -0.2) is 25.3 Å². The van der Waals surface area contributed by atoms with Crippen LogP contribution in [0.2, 0.25) is 0 Å². The zero-order chi connectivity index (χ0) is 10.2. The van der Waals surface area contributed by atoms with Gasteiger partial charge in [0.15, 0.2) is 0 Å². The fraction of sp³-hybridized carbons (Fsp3) is 0.900. The van der Waals surface area contributed by atoms with Crippen LogP contribution < -0.4 is 5.32 Å². The Balaban J connectivity index is 3.65. The standard InChI is InChI=1S/C10H20N2O/c1-4-12-10(3,9-11)7-6-8-13-5-2/h12H,4-8H2,1-3H3. The van der Waals surface area contributed by atoms with Crippen molar-refractivity contribution in [3.8, 4) is 6.07 Å². The molecule has 0 spiro atoms. The molecule has 76 valence electrons. The van der Waals surface area contributed by atoms with Gasteiger partial charge < -0.3 is 4.74 Å². The Morgan fingerprint density at radius 3 is 2.62 bits per heavy atom. The zero-order valence-corrected chi connectivity index (χ0v) is 8.89. The average molecular weight is 184 g/mol. The molecule has 1 unspecified atom stereocenters. The van der Waals surface area contributed by atoms with Gasteiger partial charge in [0.1, 0.15) is 5.54 Å². The normalized spacial score (nSPS) is 14.9. The van der Waals surface area contributed by atoms with E-state index in [1.807, 2.05) is 20.8 Å². The quantitative estimate of drug-likeness (QED) is 0.612. The van der Waals surface area contributed by atoms with Crippen molar-refractivity contribution in [3.63, 3.8) is 0 Å². The largest absolute Gasteiger partial charge is 0.382 e. The summed E-state index contributed by atoms with van der Waals surface area (Å²) in [5.74, 6) is 0. The van der Waals surface area contributed by atoms with E-state index < -0.39 is 0 Å². The molecule has 13 heavy (non-hydrogen) atoms. The van der Waals surface area contributed by atoms with Crippen molar-refractivity contribution in [2.24, 2.45) is 0 Å². The summed E-state index contributed by atoms with van der Waals surface area (Å²) in [6.07, 6.45) is 1.78. The van der Waals surface area contributed by atoms with Crippen LogP contribution in [0, 0.1) is 11.3 Å². The number of rotatable bonds is 7. The summed E-state index contributed by atoms with van der Waals surface area (Å²) in [7, 11) is 0. The zero-order valence-electron chi connectivity index (χ0n) is 8.89. The second-order valence-corrected chi connectivity index (χ2v) is 3.27. The van der Waals surface area contributed by atoms with E-state index in [4.69, 9.17) is 10.00 Å². The minimum Gasteiger partial charge on any atom is -0.382 e. The fourth-order valence-electron chi connectivity index (χ4n) is 1.25. The van der Waals surface area contributed by atoms with Gasteiger partial charge in [0.05, 0.1) is 6.07 Å². The Labute approximate surface area is 81.1 Å². The maximum Gasteiger partial charge on any atom is 0.104 e. The first-order chi connectivity index (χ1) is 6.18. The van der Waals surface area contributed by atoms with Crippen molar-refractivity contribution in [1.29, 1.82) is 5.26 Å². The van der Waals surface area contributed by atoms with Gasteiger partial charge in [0, 0.05) is 13.2 Å². The van der Waals surface area contributed by atoms with E-state index in [1.165, 1.54) is 0 Å². The molecule has 0 heterocycles. The number of hydrogen-bond acceptors (Lipinski definition) is 3. The average Bonchev–Trinajstić information content (AvgIpc) is 2.13. The maximum absolute atomic E-state index is 8.92. The molecular formula is C10H20N2O. The van der Waals surface area contributed by atoms with Crippen LogP contribution in [0.1, 0.15) is 33.6 Å². The van der Waals surface area contributed by atoms with Gasteiger partial charge in [-0.25, -0.2) is 0 Å². The summed E-state index contributed by atoms with van der Waals surface area (Å²) in [5, 5.41) is 12.1. The van der Waals surface area contributed by atoms with Gasteiger partial charge >= 0.3 is 0 Å². The molecule has 1 atom stereocenters. The summed E-state index contributed by atoms with van der Waals surface area (Å²) in [6.45, 7) is 8.26. The molecule has 0 aromatic carbocycles. The predicted octanol–water partition coefficient (Wildman–Crippen LogP) is 1.69. The minimum atomic E-state index is -0.383. The highest BCUT2D eigenvalue weighted by Gasteiger charge is 2.20. The molecule has 0 aromatic rings. The Morgan fingerprint density at radius 1 is 1.46 bits per heavy atom. The third kappa shape index (κ3) is 5.62. The molecule has 0 bridgehead atoms. The summed E-state index contributed by atoms with van der Waals surface area (Å²) in [4.78, 5) is 0. The van der Waals surface area contributed by atoms with E-state index in [0.29, 0.717) is 0 Å². The Bertz CT molecular complexity index is 165. The highest BCUT2D eigenvalue weighted by Crippen LogP contribution is 2.10. The number of hydrogen-bond donors (Lipinski definition) is 1. The van der Waals surface area contributed by atoms with Gasteiger partial charge in [0.25, 0.3) is 0 Å². The molecule has 0 fully saturated rings. The summed E-state index contributed by atoms with van der Waals surface area (Å²) in [6, 6.07) is 2.29. The van der Waals surface area contributed by atoms with Crippen LogP contribution in [-0.2, 0) is 4.74 Å². The maximum atomic E-state index is 8.92. The smallest absolute Gasteiger partial charge is 0.104 e. The fourth-order valence-corrected chi connectivity index (χ4v) is 1.25. The number of ether oxygens (including phenoxy) is 1. The van der Waals surface area contributed by atoms with Crippen molar-refractivity contribution in [2.45, 2.75) is 39.2 Å². The van der Waals surface area contributed by atoms with E-state index >= 15 is 0 Å². The van der Waals surface area contributed by atoms with Gasteiger partial charge in [-0.15, -0.1) is 0 Å². The molecule has 0 saturated heterocycles. The van der Waals surface area contributed by atoms with Crippen molar-refractivity contribution in [1.82, 2.24) is 5.32 Å². The van der Waals surface area contributed by atoms with E-state index in [0.717, 1.165) is 32.6 Å². The Hall–Kier alpha value is -0.590. The van der Waals surface area contributed by atoms with Gasteiger partial charge in [-0.3, -0.25) is 5.32 Å². The SMILES string of the molecule is CCNC(C)(C#N)CCCOCC. The molecular weight excluding hydrogens is 164 g/mol. The van der Waals surface area contributed by atoms with Crippen LogP contribution in [0.15, 0.2) is 0 Å². The van der Waals surface area contributed by atoms with E-state index in [9.17, 15) is 0 Å². The van der Waals surface area contributed by atoms with Gasteiger partial charge in [-0.05, 0) is 33.2 Å². The lowest BCUT2D eigenvalue weighted by Gasteiger charge is -2.22. The number of nitrogens with zero attached hydrogens (tertiary/aromatic N) is 1. The molecule has 1 N–H and O–H groups in total. The van der Waals surface area contributed by atoms with Crippen molar-refractivity contribution in [2.75, 3.05) is 19.8 Å². The second-order valence-electron chi connectivity index (χ2n) is 3.27. The van der Waals surface area contributed by atoms with Crippen molar-refractivity contribution in [3.05, 3.63) is 0 Å². The number of nitrogens with one attached hydrogen (secondary N) is 1. The molecule has 0 radical (unpaired) electrons. The van der Waals surface area contributed by atoms with E-state index in [-0.39, 0.29) is 5.54 Å². The first-order valence-corrected chi connectivity index (χ1v) is 4.92. The lowest BCUT2D eigenvalue weighted by Crippen LogP contribution is -2.40. The molecule has 0 aliphatic rings. The van der Waals surface area contributed by atoms with Gasteiger partial charge in [0.2, 0.25) is 0 Å². The molecule has 3 nitrogen and oxygen atoms in total. The molecule has 0 saturated carbocycles. The summed E-state index contributed by atoms with van der Waals surface area (Å²) in [5.41, 5.74) is -0.383.